The van der Waals surface area contributed by atoms with Crippen LogP contribution in [0.4, 0.5) is 10.1 Å². The fourth-order valence-electron chi connectivity index (χ4n) is 1.82. The molecule has 0 saturated heterocycles. The molecule has 0 heterocycles. The summed E-state index contributed by atoms with van der Waals surface area (Å²) in [7, 11) is -2.97. The van der Waals surface area contributed by atoms with E-state index in [1.807, 2.05) is 0 Å². The van der Waals surface area contributed by atoms with Gasteiger partial charge in [0, 0.05) is 0 Å². The van der Waals surface area contributed by atoms with E-state index in [1.165, 1.54) is 37.4 Å². The van der Waals surface area contributed by atoms with E-state index in [0.29, 0.717) is 0 Å². The quantitative estimate of drug-likeness (QED) is 0.880. The number of halogens is 1. The second-order valence-corrected chi connectivity index (χ2v) is 5.90. The maximum absolute atomic E-state index is 13.3. The molecule has 0 amide bonds. The summed E-state index contributed by atoms with van der Waals surface area (Å²) in [6, 6.07) is 8.52. The van der Waals surface area contributed by atoms with Gasteiger partial charge in [0.15, 0.2) is 0 Å². The van der Waals surface area contributed by atoms with Crippen molar-refractivity contribution in [3.8, 4) is 5.75 Å². The summed E-state index contributed by atoms with van der Waals surface area (Å²) in [5.41, 5.74) is -0.345. The van der Waals surface area contributed by atoms with Gasteiger partial charge in [-0.2, -0.15) is 0 Å². The minimum absolute atomic E-state index is 0.0540. The maximum Gasteiger partial charge on any atom is 0.337 e. The normalized spacial score (nSPS) is 11.0. The number of hydrogen-bond acceptors (Lipinski definition) is 4. The van der Waals surface area contributed by atoms with Crippen LogP contribution in [-0.2, 0) is 10.0 Å². The van der Waals surface area contributed by atoms with Crippen LogP contribution in [0.5, 0.6) is 5.75 Å². The Labute approximate surface area is 126 Å². The molecule has 0 aliphatic rings. The van der Waals surface area contributed by atoms with E-state index in [0.717, 1.165) is 12.1 Å². The molecule has 2 aromatic rings. The molecule has 0 bridgehead atoms. The van der Waals surface area contributed by atoms with Gasteiger partial charge in [-0.1, -0.05) is 12.1 Å². The molecule has 2 aromatic carbocycles. The topological polar surface area (TPSA) is 92.7 Å². The number of carbonyl (C=O) groups is 1. The van der Waals surface area contributed by atoms with Crippen molar-refractivity contribution in [3.63, 3.8) is 0 Å². The Hall–Kier alpha value is -2.61. The van der Waals surface area contributed by atoms with Crippen molar-refractivity contribution in [1.82, 2.24) is 0 Å². The molecule has 116 valence electrons. The molecule has 2 N–H and O–H groups in total. The van der Waals surface area contributed by atoms with Gasteiger partial charge in [0.25, 0.3) is 10.0 Å². The molecule has 0 unspecified atom stereocenters. The Kier molecular flexibility index (Phi) is 4.32. The van der Waals surface area contributed by atoms with Crippen LogP contribution < -0.4 is 9.46 Å². The van der Waals surface area contributed by atoms with Gasteiger partial charge in [0.2, 0.25) is 0 Å². The van der Waals surface area contributed by atoms with Crippen molar-refractivity contribution < 1.29 is 27.4 Å². The van der Waals surface area contributed by atoms with Crippen LogP contribution in [0.3, 0.4) is 0 Å². The van der Waals surface area contributed by atoms with E-state index in [1.54, 1.807) is 0 Å². The average Bonchev–Trinajstić information content (AvgIpc) is 2.47. The van der Waals surface area contributed by atoms with Crippen LogP contribution in [0.25, 0.3) is 0 Å². The number of sulfonamides is 1. The lowest BCUT2D eigenvalue weighted by Crippen LogP contribution is -2.16. The number of hydrogen-bond donors (Lipinski definition) is 2. The second-order valence-electron chi connectivity index (χ2n) is 4.25. The molecule has 0 aromatic heterocycles. The highest BCUT2D eigenvalue weighted by atomic mass is 32.2. The van der Waals surface area contributed by atoms with Gasteiger partial charge in [0.05, 0.1) is 18.4 Å². The Morgan fingerprint density at radius 3 is 2.55 bits per heavy atom. The summed E-state index contributed by atoms with van der Waals surface area (Å²) in [4.78, 5) is 10.7. The molecule has 0 saturated carbocycles. The predicted molar refractivity (Wildman–Crippen MR) is 77.2 cm³/mol. The van der Waals surface area contributed by atoms with E-state index in [9.17, 15) is 17.6 Å². The summed E-state index contributed by atoms with van der Waals surface area (Å²) < 4.78 is 45.1. The minimum atomic E-state index is -4.21. The molecule has 0 aliphatic heterocycles. The zero-order chi connectivity index (χ0) is 16.3. The fraction of sp³-hybridized carbons (Fsp3) is 0.0714. The third-order valence-corrected chi connectivity index (χ3v) is 4.20. The number of aromatic carboxylic acids is 1. The Bertz CT molecular complexity index is 820. The summed E-state index contributed by atoms with van der Waals surface area (Å²) in [5.74, 6) is -2.10. The molecular weight excluding hydrogens is 313 g/mol. The molecule has 2 rings (SSSR count). The highest BCUT2D eigenvalue weighted by molar-refractivity contribution is 7.92. The predicted octanol–water partition coefficient (Wildman–Crippen LogP) is 2.33. The van der Waals surface area contributed by atoms with Crippen LogP contribution in [0.15, 0.2) is 47.4 Å². The molecule has 0 fully saturated rings. The molecule has 0 atom stereocenters. The second kappa shape index (κ2) is 6.02. The number of carboxylic acid groups (broad SMARTS) is 1. The Morgan fingerprint density at radius 1 is 1.23 bits per heavy atom. The first kappa shape index (κ1) is 15.8. The van der Waals surface area contributed by atoms with Gasteiger partial charge in [-0.15, -0.1) is 0 Å². The van der Waals surface area contributed by atoms with Crippen molar-refractivity contribution in [2.24, 2.45) is 0 Å². The molecule has 22 heavy (non-hydrogen) atoms. The lowest BCUT2D eigenvalue weighted by atomic mass is 10.2. The number of methoxy groups -OCH3 is 1. The number of ether oxygens (including phenoxy) is 1. The van der Waals surface area contributed by atoms with Gasteiger partial charge in [0.1, 0.15) is 16.5 Å². The summed E-state index contributed by atoms with van der Waals surface area (Å²) >= 11 is 0. The molecule has 0 radical (unpaired) electrons. The highest BCUT2D eigenvalue weighted by Gasteiger charge is 2.22. The van der Waals surface area contributed by atoms with Crippen LogP contribution >= 0.6 is 0 Å². The van der Waals surface area contributed by atoms with Gasteiger partial charge in [-0.3, -0.25) is 4.72 Å². The van der Waals surface area contributed by atoms with Crippen molar-refractivity contribution in [2.75, 3.05) is 11.8 Å². The highest BCUT2D eigenvalue weighted by Crippen LogP contribution is 2.27. The summed E-state index contributed by atoms with van der Waals surface area (Å²) in [6.07, 6.45) is 0. The lowest BCUT2D eigenvalue weighted by molar-refractivity contribution is 0.0698. The molecule has 8 heteroatoms. The first-order valence-corrected chi connectivity index (χ1v) is 7.52. The van der Waals surface area contributed by atoms with Crippen molar-refractivity contribution in [3.05, 3.63) is 53.8 Å². The summed E-state index contributed by atoms with van der Waals surface area (Å²) in [6.45, 7) is 0. The molecular formula is C14H12FNO5S. The number of benzene rings is 2. The summed E-state index contributed by atoms with van der Waals surface area (Å²) in [5, 5.41) is 9.06. The van der Waals surface area contributed by atoms with Gasteiger partial charge in [-0.25, -0.2) is 17.6 Å². The minimum Gasteiger partial charge on any atom is -0.495 e. The smallest absolute Gasteiger partial charge is 0.337 e. The molecule has 0 aliphatic carbocycles. The average molecular weight is 325 g/mol. The monoisotopic (exact) mass is 325 g/mol. The number of anilines is 1. The molecule has 6 nitrogen and oxygen atoms in total. The third-order valence-electron chi connectivity index (χ3n) is 2.82. The van der Waals surface area contributed by atoms with Gasteiger partial charge >= 0.3 is 5.97 Å². The molecule has 0 spiro atoms. The Balaban J connectivity index is 2.50. The third kappa shape index (κ3) is 3.17. The SMILES string of the molecule is COc1ccc(F)cc1S(=O)(=O)Nc1ccccc1C(=O)O. The number of para-hydroxylation sites is 1. The van der Waals surface area contributed by atoms with Crippen molar-refractivity contribution in [2.45, 2.75) is 4.90 Å². The van der Waals surface area contributed by atoms with Crippen molar-refractivity contribution in [1.29, 1.82) is 0 Å². The largest absolute Gasteiger partial charge is 0.495 e. The lowest BCUT2D eigenvalue weighted by Gasteiger charge is -2.13. The number of carboxylic acids is 1. The van der Waals surface area contributed by atoms with E-state index in [-0.39, 0.29) is 17.0 Å². The zero-order valence-corrected chi connectivity index (χ0v) is 12.2. The maximum atomic E-state index is 13.3. The van der Waals surface area contributed by atoms with Crippen molar-refractivity contribution >= 4 is 21.7 Å². The fourth-order valence-corrected chi connectivity index (χ4v) is 3.08. The van der Waals surface area contributed by atoms with Gasteiger partial charge in [-0.05, 0) is 30.3 Å². The first-order valence-electron chi connectivity index (χ1n) is 6.04. The number of rotatable bonds is 5. The van der Waals surface area contributed by atoms with E-state index in [2.05, 4.69) is 4.72 Å². The van der Waals surface area contributed by atoms with Crippen LogP contribution in [-0.4, -0.2) is 26.6 Å². The standard InChI is InChI=1S/C14H12FNO5S/c1-21-12-7-6-9(15)8-13(12)22(19,20)16-11-5-3-2-4-10(11)14(17)18/h2-8,16H,1H3,(H,17,18). The van der Waals surface area contributed by atoms with Crippen LogP contribution in [0.2, 0.25) is 0 Å². The van der Waals surface area contributed by atoms with E-state index in [4.69, 9.17) is 9.84 Å². The van der Waals surface area contributed by atoms with E-state index < -0.39 is 26.7 Å². The number of nitrogens with one attached hydrogen (secondary N) is 1. The Morgan fingerprint density at radius 2 is 1.91 bits per heavy atom. The van der Waals surface area contributed by atoms with Crippen LogP contribution in [0, 0.1) is 5.82 Å². The van der Waals surface area contributed by atoms with Crippen LogP contribution in [0.1, 0.15) is 10.4 Å². The van der Waals surface area contributed by atoms with E-state index >= 15 is 0 Å². The zero-order valence-electron chi connectivity index (χ0n) is 11.4. The van der Waals surface area contributed by atoms with Gasteiger partial charge < -0.3 is 9.84 Å². The first-order chi connectivity index (χ1) is 10.3.